The molecule has 1 fully saturated rings. The Labute approximate surface area is 117 Å². The van der Waals surface area contributed by atoms with E-state index in [1.165, 1.54) is 0 Å². The zero-order valence-corrected chi connectivity index (χ0v) is 13.2. The summed E-state index contributed by atoms with van der Waals surface area (Å²) in [5.74, 6) is 0.446. The van der Waals surface area contributed by atoms with Crippen LogP contribution in [0.15, 0.2) is 30.3 Å². The molecule has 2 nitrogen and oxygen atoms in total. The number of benzene rings is 1. The van der Waals surface area contributed by atoms with Crippen molar-refractivity contribution in [3.05, 3.63) is 35.9 Å². The smallest absolute Gasteiger partial charge is 0.184 e. The maximum atomic E-state index is 12.2. The molecule has 0 spiro atoms. The third kappa shape index (κ3) is 4.01. The number of hydrogen-bond donors (Lipinski definition) is 0. The van der Waals surface area contributed by atoms with Gasteiger partial charge in [-0.05, 0) is 38.0 Å². The summed E-state index contributed by atoms with van der Waals surface area (Å²) in [4.78, 5) is 12.2. The molecule has 104 valence electrons. The van der Waals surface area contributed by atoms with Crippen LogP contribution in [-0.4, -0.2) is 14.1 Å². The Bertz CT molecular complexity index is 422. The maximum Gasteiger partial charge on any atom is 0.184 e. The highest BCUT2D eigenvalue weighted by Crippen LogP contribution is 2.36. The van der Waals surface area contributed by atoms with E-state index in [-0.39, 0.29) is 12.0 Å². The van der Waals surface area contributed by atoms with Crippen LogP contribution in [0, 0.1) is 5.92 Å². The molecule has 0 heterocycles. The fourth-order valence-electron chi connectivity index (χ4n) is 2.74. The van der Waals surface area contributed by atoms with Crippen LogP contribution in [0.2, 0.25) is 19.6 Å². The number of rotatable bonds is 4. The summed E-state index contributed by atoms with van der Waals surface area (Å²) >= 11 is 0. The van der Waals surface area contributed by atoms with Gasteiger partial charge < -0.3 is 4.43 Å². The highest BCUT2D eigenvalue weighted by atomic mass is 28.4. The second-order valence-corrected chi connectivity index (χ2v) is 10.8. The van der Waals surface area contributed by atoms with Gasteiger partial charge in [-0.3, -0.25) is 4.79 Å². The van der Waals surface area contributed by atoms with Crippen LogP contribution in [0.3, 0.4) is 0 Å². The van der Waals surface area contributed by atoms with Gasteiger partial charge in [0, 0.05) is 12.3 Å². The van der Waals surface area contributed by atoms with Gasteiger partial charge in [0.2, 0.25) is 0 Å². The summed E-state index contributed by atoms with van der Waals surface area (Å²) < 4.78 is 6.35. The molecule has 1 aliphatic rings. The summed E-state index contributed by atoms with van der Waals surface area (Å²) in [5, 5.41) is 0. The van der Waals surface area contributed by atoms with Crippen molar-refractivity contribution < 1.29 is 9.22 Å². The van der Waals surface area contributed by atoms with Gasteiger partial charge in [-0.15, -0.1) is 0 Å². The number of carbonyl (C=O) groups excluding carboxylic acids is 1. The predicted octanol–water partition coefficient (Wildman–Crippen LogP) is 4.34. The lowest BCUT2D eigenvalue weighted by Crippen LogP contribution is -2.35. The Morgan fingerprint density at radius 1 is 1.16 bits per heavy atom. The highest BCUT2D eigenvalue weighted by Gasteiger charge is 2.34. The molecular weight excluding hydrogens is 252 g/mol. The third-order valence-electron chi connectivity index (χ3n) is 3.58. The molecule has 1 aromatic carbocycles. The van der Waals surface area contributed by atoms with Gasteiger partial charge in [-0.2, -0.15) is 0 Å². The SMILES string of the molecule is C[Si](C)(C)O[C@@H](c1ccccc1)[C@@H]1CCCCC1=O. The Kier molecular flexibility index (Phi) is 4.58. The summed E-state index contributed by atoms with van der Waals surface area (Å²) in [6.07, 6.45) is 3.85. The average molecular weight is 276 g/mol. The number of Topliss-reactive ketones (excluding diaryl/α,β-unsaturated/α-hetero) is 1. The molecule has 0 aliphatic heterocycles. The Morgan fingerprint density at radius 3 is 2.42 bits per heavy atom. The quantitative estimate of drug-likeness (QED) is 0.765. The van der Waals surface area contributed by atoms with Crippen molar-refractivity contribution in [1.29, 1.82) is 0 Å². The first-order valence-electron chi connectivity index (χ1n) is 7.23. The zero-order chi connectivity index (χ0) is 13.9. The standard InChI is InChI=1S/C16H24O2Si/c1-19(2,3)18-16(13-9-5-4-6-10-13)14-11-7-8-12-15(14)17/h4-6,9-10,14,16H,7-8,11-12H2,1-3H3/t14-,16+/m1/s1. The monoisotopic (exact) mass is 276 g/mol. The minimum Gasteiger partial charge on any atom is -0.410 e. The molecule has 19 heavy (non-hydrogen) atoms. The van der Waals surface area contributed by atoms with Gasteiger partial charge in [0.25, 0.3) is 0 Å². The van der Waals surface area contributed by atoms with Crippen molar-refractivity contribution in [3.63, 3.8) is 0 Å². The Hall–Kier alpha value is -0.933. The Morgan fingerprint density at radius 2 is 1.84 bits per heavy atom. The maximum absolute atomic E-state index is 12.2. The van der Waals surface area contributed by atoms with Gasteiger partial charge in [-0.1, -0.05) is 36.8 Å². The largest absolute Gasteiger partial charge is 0.410 e. The number of carbonyl (C=O) groups is 1. The summed E-state index contributed by atoms with van der Waals surface area (Å²) in [5.41, 5.74) is 1.16. The van der Waals surface area contributed by atoms with Gasteiger partial charge >= 0.3 is 0 Å². The van der Waals surface area contributed by atoms with Crippen LogP contribution in [-0.2, 0) is 9.22 Å². The molecular formula is C16H24O2Si. The van der Waals surface area contributed by atoms with Crippen LogP contribution in [0.4, 0.5) is 0 Å². The van der Waals surface area contributed by atoms with E-state index in [1.807, 2.05) is 18.2 Å². The molecule has 0 unspecified atom stereocenters. The fraction of sp³-hybridized carbons (Fsp3) is 0.562. The first-order valence-corrected chi connectivity index (χ1v) is 10.6. The van der Waals surface area contributed by atoms with E-state index in [0.29, 0.717) is 5.78 Å². The van der Waals surface area contributed by atoms with Crippen LogP contribution < -0.4 is 0 Å². The van der Waals surface area contributed by atoms with E-state index in [4.69, 9.17) is 4.43 Å². The third-order valence-corrected chi connectivity index (χ3v) is 4.54. The lowest BCUT2D eigenvalue weighted by molar-refractivity contribution is -0.128. The predicted molar refractivity (Wildman–Crippen MR) is 80.6 cm³/mol. The molecule has 1 aliphatic carbocycles. The lowest BCUT2D eigenvalue weighted by atomic mass is 9.82. The molecule has 0 bridgehead atoms. The van der Waals surface area contributed by atoms with Gasteiger partial charge in [0.05, 0.1) is 6.10 Å². The van der Waals surface area contributed by atoms with Crippen LogP contribution in [0.25, 0.3) is 0 Å². The molecule has 3 heteroatoms. The molecule has 1 aromatic rings. The zero-order valence-electron chi connectivity index (χ0n) is 12.2. The first-order chi connectivity index (χ1) is 8.97. The van der Waals surface area contributed by atoms with Crippen molar-refractivity contribution in [2.24, 2.45) is 5.92 Å². The van der Waals surface area contributed by atoms with Crippen molar-refractivity contribution in [2.75, 3.05) is 0 Å². The molecule has 1 saturated carbocycles. The molecule has 0 saturated heterocycles. The average Bonchev–Trinajstić information content (AvgIpc) is 2.37. The van der Waals surface area contributed by atoms with E-state index in [9.17, 15) is 4.79 Å². The van der Waals surface area contributed by atoms with Gasteiger partial charge in [-0.25, -0.2) is 0 Å². The minimum atomic E-state index is -1.67. The summed E-state index contributed by atoms with van der Waals surface area (Å²) in [7, 11) is -1.67. The Balaban J connectivity index is 2.26. The minimum absolute atomic E-state index is 0.0410. The van der Waals surface area contributed by atoms with Crippen molar-refractivity contribution >= 4 is 14.1 Å². The van der Waals surface area contributed by atoms with Gasteiger partial charge in [0.1, 0.15) is 5.78 Å². The lowest BCUT2D eigenvalue weighted by Gasteiger charge is -2.34. The van der Waals surface area contributed by atoms with Gasteiger partial charge in [0.15, 0.2) is 8.32 Å². The number of hydrogen-bond acceptors (Lipinski definition) is 2. The summed E-state index contributed by atoms with van der Waals surface area (Å²) in [6.45, 7) is 6.57. The molecule has 2 rings (SSSR count). The summed E-state index contributed by atoms with van der Waals surface area (Å²) in [6, 6.07) is 10.3. The van der Waals surface area contributed by atoms with Crippen LogP contribution in [0.5, 0.6) is 0 Å². The van der Waals surface area contributed by atoms with Crippen LogP contribution >= 0.6 is 0 Å². The first kappa shape index (κ1) is 14.5. The molecule has 0 amide bonds. The van der Waals surface area contributed by atoms with Crippen molar-refractivity contribution in [1.82, 2.24) is 0 Å². The van der Waals surface area contributed by atoms with E-state index in [1.54, 1.807) is 0 Å². The van der Waals surface area contributed by atoms with Crippen LogP contribution in [0.1, 0.15) is 37.4 Å². The van der Waals surface area contributed by atoms with Crippen molar-refractivity contribution in [2.45, 2.75) is 51.4 Å². The van der Waals surface area contributed by atoms with E-state index in [2.05, 4.69) is 31.8 Å². The fourth-order valence-corrected chi connectivity index (χ4v) is 3.80. The van der Waals surface area contributed by atoms with E-state index in [0.717, 1.165) is 31.2 Å². The molecule has 2 atom stereocenters. The number of ketones is 1. The van der Waals surface area contributed by atoms with Crippen molar-refractivity contribution in [3.8, 4) is 0 Å². The molecule has 0 radical (unpaired) electrons. The topological polar surface area (TPSA) is 26.3 Å². The van der Waals surface area contributed by atoms with E-state index >= 15 is 0 Å². The highest BCUT2D eigenvalue weighted by molar-refractivity contribution is 6.69. The normalized spacial score (nSPS) is 22.3. The van der Waals surface area contributed by atoms with E-state index < -0.39 is 8.32 Å². The molecule has 0 N–H and O–H groups in total. The second-order valence-electron chi connectivity index (χ2n) is 6.38. The molecule has 0 aromatic heterocycles. The second kappa shape index (κ2) is 6.01.